The third-order valence-electron chi connectivity index (χ3n) is 1.63. The molecular weight excluding hydrogens is 200 g/mol. The number of hydrogen-bond acceptors (Lipinski definition) is 4. The van der Waals surface area contributed by atoms with E-state index in [9.17, 15) is 4.79 Å². The molecule has 0 saturated heterocycles. The van der Waals surface area contributed by atoms with Gasteiger partial charge < -0.3 is 9.47 Å². The fourth-order valence-electron chi connectivity index (χ4n) is 1.07. The molecule has 0 radical (unpaired) electrons. The summed E-state index contributed by atoms with van der Waals surface area (Å²) in [7, 11) is 0. The van der Waals surface area contributed by atoms with Crippen molar-refractivity contribution >= 4 is 17.6 Å². The summed E-state index contributed by atoms with van der Waals surface area (Å²) in [4.78, 5) is 12.1. The molecule has 1 rings (SSSR count). The summed E-state index contributed by atoms with van der Waals surface area (Å²) < 4.78 is 10.8. The molecule has 0 amide bonds. The molecule has 1 aromatic heterocycles. The van der Waals surface area contributed by atoms with Gasteiger partial charge >= 0.3 is 0 Å². The standard InChI is InChI=1S/C10H14O3S/c1-3-12-10(13-4-2)9-6-5-8(7-11)14-9/h5-7,10H,3-4H2,1-2H3. The van der Waals surface area contributed by atoms with Crippen LogP contribution in [0.3, 0.4) is 0 Å². The van der Waals surface area contributed by atoms with E-state index >= 15 is 0 Å². The van der Waals surface area contributed by atoms with Gasteiger partial charge in [-0.05, 0) is 26.0 Å². The summed E-state index contributed by atoms with van der Waals surface area (Å²) in [6, 6.07) is 3.64. The van der Waals surface area contributed by atoms with Gasteiger partial charge in [0.2, 0.25) is 0 Å². The van der Waals surface area contributed by atoms with Crippen LogP contribution in [0.1, 0.15) is 34.7 Å². The Morgan fingerprint density at radius 2 is 2.00 bits per heavy atom. The second-order valence-electron chi connectivity index (χ2n) is 2.60. The van der Waals surface area contributed by atoms with Gasteiger partial charge in [0.25, 0.3) is 0 Å². The minimum atomic E-state index is -0.330. The SMILES string of the molecule is CCOC(OCC)c1ccc(C=O)s1. The lowest BCUT2D eigenvalue weighted by Crippen LogP contribution is -2.06. The van der Waals surface area contributed by atoms with E-state index in [0.29, 0.717) is 18.1 Å². The normalized spacial score (nSPS) is 10.8. The average Bonchev–Trinajstić information content (AvgIpc) is 2.65. The summed E-state index contributed by atoms with van der Waals surface area (Å²) >= 11 is 1.40. The van der Waals surface area contributed by atoms with Crippen molar-refractivity contribution in [3.8, 4) is 0 Å². The Hall–Kier alpha value is -0.710. The molecule has 0 aliphatic rings. The largest absolute Gasteiger partial charge is 0.348 e. The van der Waals surface area contributed by atoms with Gasteiger partial charge in [0, 0.05) is 13.2 Å². The van der Waals surface area contributed by atoms with Gasteiger partial charge in [-0.15, -0.1) is 11.3 Å². The van der Waals surface area contributed by atoms with Crippen LogP contribution in [0.4, 0.5) is 0 Å². The molecule has 0 unspecified atom stereocenters. The lowest BCUT2D eigenvalue weighted by molar-refractivity contribution is -0.138. The molecule has 1 heterocycles. The van der Waals surface area contributed by atoms with Gasteiger partial charge in [-0.2, -0.15) is 0 Å². The Kier molecular flexibility index (Phi) is 4.79. The van der Waals surface area contributed by atoms with Crippen LogP contribution in [0.15, 0.2) is 12.1 Å². The van der Waals surface area contributed by atoms with E-state index in [1.165, 1.54) is 11.3 Å². The molecule has 0 N–H and O–H groups in total. The third-order valence-corrected chi connectivity index (χ3v) is 2.66. The summed E-state index contributed by atoms with van der Waals surface area (Å²) in [5.41, 5.74) is 0. The van der Waals surface area contributed by atoms with Crippen LogP contribution in [0.5, 0.6) is 0 Å². The highest BCUT2D eigenvalue weighted by atomic mass is 32.1. The zero-order valence-electron chi connectivity index (χ0n) is 8.36. The van der Waals surface area contributed by atoms with Crippen molar-refractivity contribution in [2.75, 3.05) is 13.2 Å². The first kappa shape index (κ1) is 11.4. The van der Waals surface area contributed by atoms with Crippen molar-refractivity contribution in [2.24, 2.45) is 0 Å². The van der Waals surface area contributed by atoms with Crippen LogP contribution in [0, 0.1) is 0 Å². The first-order chi connectivity index (χ1) is 6.81. The molecule has 0 aromatic carbocycles. The molecule has 0 bridgehead atoms. The van der Waals surface area contributed by atoms with Crippen LogP contribution in [0.25, 0.3) is 0 Å². The maximum absolute atomic E-state index is 10.5. The van der Waals surface area contributed by atoms with Crippen molar-refractivity contribution in [2.45, 2.75) is 20.1 Å². The van der Waals surface area contributed by atoms with Gasteiger partial charge in [0.1, 0.15) is 0 Å². The van der Waals surface area contributed by atoms with E-state index in [2.05, 4.69) is 0 Å². The molecule has 0 saturated carbocycles. The Balaban J connectivity index is 2.70. The number of ether oxygens (including phenoxy) is 2. The topological polar surface area (TPSA) is 35.5 Å². The molecule has 3 nitrogen and oxygen atoms in total. The van der Waals surface area contributed by atoms with Gasteiger partial charge in [-0.25, -0.2) is 0 Å². The monoisotopic (exact) mass is 214 g/mol. The molecule has 0 spiro atoms. The van der Waals surface area contributed by atoms with Crippen molar-refractivity contribution in [1.82, 2.24) is 0 Å². The number of carbonyl (C=O) groups excluding carboxylic acids is 1. The molecule has 4 heteroatoms. The lowest BCUT2D eigenvalue weighted by Gasteiger charge is -2.14. The van der Waals surface area contributed by atoms with Crippen LogP contribution in [0.2, 0.25) is 0 Å². The second kappa shape index (κ2) is 5.90. The molecule has 0 aliphatic heterocycles. The highest BCUT2D eigenvalue weighted by Gasteiger charge is 2.13. The minimum Gasteiger partial charge on any atom is -0.348 e. The van der Waals surface area contributed by atoms with Crippen molar-refractivity contribution in [3.05, 3.63) is 21.9 Å². The Labute approximate surface area is 87.7 Å². The molecule has 14 heavy (non-hydrogen) atoms. The maximum atomic E-state index is 10.5. The van der Waals surface area contributed by atoms with Crippen molar-refractivity contribution in [3.63, 3.8) is 0 Å². The molecular formula is C10H14O3S. The zero-order valence-corrected chi connectivity index (χ0v) is 9.17. The number of rotatable bonds is 6. The fraction of sp³-hybridized carbons (Fsp3) is 0.500. The predicted molar refractivity (Wildman–Crippen MR) is 55.7 cm³/mol. The highest BCUT2D eigenvalue weighted by Crippen LogP contribution is 2.26. The van der Waals surface area contributed by atoms with E-state index in [-0.39, 0.29) is 6.29 Å². The van der Waals surface area contributed by atoms with E-state index in [4.69, 9.17) is 9.47 Å². The molecule has 78 valence electrons. The first-order valence-corrected chi connectivity index (χ1v) is 5.41. The number of aldehydes is 1. The van der Waals surface area contributed by atoms with Gasteiger partial charge in [-0.3, -0.25) is 4.79 Å². The van der Waals surface area contributed by atoms with E-state index < -0.39 is 0 Å². The van der Waals surface area contributed by atoms with Gasteiger partial charge in [0.15, 0.2) is 12.6 Å². The second-order valence-corrected chi connectivity index (χ2v) is 3.75. The number of hydrogen-bond donors (Lipinski definition) is 0. The quantitative estimate of drug-likeness (QED) is 0.539. The first-order valence-electron chi connectivity index (χ1n) is 4.59. The number of thiophene rings is 1. The summed E-state index contributed by atoms with van der Waals surface area (Å²) in [6.45, 7) is 5.03. The van der Waals surface area contributed by atoms with Gasteiger partial charge in [0.05, 0.1) is 9.75 Å². The molecule has 0 atom stereocenters. The maximum Gasteiger partial charge on any atom is 0.193 e. The molecule has 0 aliphatic carbocycles. The fourth-order valence-corrected chi connectivity index (χ4v) is 1.90. The van der Waals surface area contributed by atoms with E-state index in [1.54, 1.807) is 6.07 Å². The van der Waals surface area contributed by atoms with Gasteiger partial charge in [-0.1, -0.05) is 0 Å². The Morgan fingerprint density at radius 1 is 1.36 bits per heavy atom. The molecule has 1 aromatic rings. The lowest BCUT2D eigenvalue weighted by atomic mass is 10.4. The van der Waals surface area contributed by atoms with Crippen LogP contribution in [-0.4, -0.2) is 19.5 Å². The summed E-state index contributed by atoms with van der Waals surface area (Å²) in [6.07, 6.45) is 0.507. The zero-order chi connectivity index (χ0) is 10.4. The van der Waals surface area contributed by atoms with Crippen LogP contribution < -0.4 is 0 Å². The summed E-state index contributed by atoms with van der Waals surface area (Å²) in [5, 5.41) is 0. The van der Waals surface area contributed by atoms with Crippen molar-refractivity contribution in [1.29, 1.82) is 0 Å². The Bertz CT molecular complexity index is 277. The third kappa shape index (κ3) is 2.90. The average molecular weight is 214 g/mol. The van der Waals surface area contributed by atoms with Crippen molar-refractivity contribution < 1.29 is 14.3 Å². The summed E-state index contributed by atoms with van der Waals surface area (Å²) in [5.74, 6) is 0. The van der Waals surface area contributed by atoms with Crippen LogP contribution in [-0.2, 0) is 9.47 Å². The van der Waals surface area contributed by atoms with E-state index in [1.807, 2.05) is 19.9 Å². The Morgan fingerprint density at radius 3 is 2.43 bits per heavy atom. The number of carbonyl (C=O) groups is 1. The molecule has 0 fully saturated rings. The highest BCUT2D eigenvalue weighted by molar-refractivity contribution is 7.13. The minimum absolute atomic E-state index is 0.330. The predicted octanol–water partition coefficient (Wildman–Crippen LogP) is 2.63. The van der Waals surface area contributed by atoms with Crippen LogP contribution >= 0.6 is 11.3 Å². The van der Waals surface area contributed by atoms with E-state index in [0.717, 1.165) is 11.2 Å². The smallest absolute Gasteiger partial charge is 0.193 e.